The Labute approximate surface area is 193 Å². The third-order valence-electron chi connectivity index (χ3n) is 4.80. The lowest BCUT2D eigenvalue weighted by molar-refractivity contribution is -0.140. The Balaban J connectivity index is 2.43. The first-order valence-corrected chi connectivity index (χ1v) is 12.3. The van der Waals surface area contributed by atoms with Crippen LogP contribution >= 0.6 is 11.6 Å². The summed E-state index contributed by atoms with van der Waals surface area (Å²) in [5, 5.41) is 2.88. The molecule has 0 aliphatic rings. The number of likely N-dealkylation sites (N-methyl/N-ethyl adjacent to an activating group) is 1. The van der Waals surface area contributed by atoms with Crippen molar-refractivity contribution in [3.8, 4) is 0 Å². The topological polar surface area (TPSA) is 86.8 Å². The molecule has 0 saturated heterocycles. The number of halogens is 2. The second-order valence-corrected chi connectivity index (χ2v) is 9.50. The van der Waals surface area contributed by atoms with Gasteiger partial charge in [0.1, 0.15) is 18.4 Å². The summed E-state index contributed by atoms with van der Waals surface area (Å²) < 4.78 is 39.2. The average molecular weight is 484 g/mol. The fraction of sp³-hybridized carbons (Fsp3) is 0.364. The van der Waals surface area contributed by atoms with E-state index in [1.807, 2.05) is 0 Å². The molecule has 2 aromatic carbocycles. The minimum atomic E-state index is -3.86. The molecule has 2 aromatic rings. The standard InChI is InChI=1S/C22H27ClFN3O4S/c1-4-19(22(29)25-5-2)26(14-16-10-12-17(24)13-11-16)21(28)15-27(32(3,30)31)20-9-7-6-8-18(20)23/h6-13,19H,4-5,14-15H2,1-3H3,(H,25,29). The SMILES string of the molecule is CCNC(=O)C(CC)N(Cc1ccc(F)cc1)C(=O)CN(c1ccccc1Cl)S(C)(=O)=O. The molecule has 1 unspecified atom stereocenters. The lowest BCUT2D eigenvalue weighted by Crippen LogP contribution is -2.52. The molecule has 0 radical (unpaired) electrons. The van der Waals surface area contributed by atoms with E-state index in [2.05, 4.69) is 5.32 Å². The normalized spacial score (nSPS) is 12.2. The number of amides is 2. The molecule has 1 atom stereocenters. The highest BCUT2D eigenvalue weighted by Gasteiger charge is 2.32. The van der Waals surface area contributed by atoms with Crippen molar-refractivity contribution in [1.29, 1.82) is 0 Å². The summed E-state index contributed by atoms with van der Waals surface area (Å²) in [4.78, 5) is 27.4. The molecule has 0 aliphatic heterocycles. The highest BCUT2D eigenvalue weighted by atomic mass is 35.5. The second-order valence-electron chi connectivity index (χ2n) is 7.19. The van der Waals surface area contributed by atoms with E-state index in [9.17, 15) is 22.4 Å². The van der Waals surface area contributed by atoms with Gasteiger partial charge in [-0.2, -0.15) is 0 Å². The summed E-state index contributed by atoms with van der Waals surface area (Å²) >= 11 is 6.18. The lowest BCUT2D eigenvalue weighted by Gasteiger charge is -2.33. The van der Waals surface area contributed by atoms with Crippen LogP contribution in [0.3, 0.4) is 0 Å². The average Bonchev–Trinajstić information content (AvgIpc) is 2.73. The minimum absolute atomic E-state index is 0.00881. The first kappa shape index (κ1) is 25.6. The zero-order valence-corrected chi connectivity index (χ0v) is 19.8. The molecule has 0 spiro atoms. The van der Waals surface area contributed by atoms with E-state index in [4.69, 9.17) is 11.6 Å². The van der Waals surface area contributed by atoms with E-state index in [0.717, 1.165) is 10.6 Å². The van der Waals surface area contributed by atoms with E-state index in [1.165, 1.54) is 41.3 Å². The second kappa shape index (κ2) is 11.3. The Bertz CT molecular complexity index is 1050. The van der Waals surface area contributed by atoms with Gasteiger partial charge in [0.2, 0.25) is 21.8 Å². The molecule has 0 aliphatic carbocycles. The van der Waals surface area contributed by atoms with Crippen LogP contribution in [-0.4, -0.2) is 50.5 Å². The van der Waals surface area contributed by atoms with Crippen LogP contribution in [0.1, 0.15) is 25.8 Å². The van der Waals surface area contributed by atoms with Gasteiger partial charge in [-0.15, -0.1) is 0 Å². The van der Waals surface area contributed by atoms with Crippen molar-refractivity contribution in [3.63, 3.8) is 0 Å². The maximum atomic E-state index is 13.4. The van der Waals surface area contributed by atoms with Crippen LogP contribution in [0.25, 0.3) is 0 Å². The van der Waals surface area contributed by atoms with Gasteiger partial charge in [0.15, 0.2) is 0 Å². The van der Waals surface area contributed by atoms with E-state index >= 15 is 0 Å². The molecule has 1 N–H and O–H groups in total. The van der Waals surface area contributed by atoms with Gasteiger partial charge in [0.05, 0.1) is 17.0 Å². The van der Waals surface area contributed by atoms with Gasteiger partial charge in [-0.05, 0) is 43.2 Å². The van der Waals surface area contributed by atoms with Crippen molar-refractivity contribution in [2.45, 2.75) is 32.9 Å². The first-order chi connectivity index (χ1) is 15.1. The van der Waals surface area contributed by atoms with Crippen LogP contribution in [-0.2, 0) is 26.2 Å². The Morgan fingerprint density at radius 3 is 2.25 bits per heavy atom. The Morgan fingerprint density at radius 1 is 1.09 bits per heavy atom. The molecular weight excluding hydrogens is 457 g/mol. The van der Waals surface area contributed by atoms with Gasteiger partial charge in [0.25, 0.3) is 0 Å². The monoisotopic (exact) mass is 483 g/mol. The molecule has 2 amide bonds. The van der Waals surface area contributed by atoms with Gasteiger partial charge in [-0.1, -0.05) is 42.8 Å². The van der Waals surface area contributed by atoms with Crippen LogP contribution in [0.5, 0.6) is 0 Å². The van der Waals surface area contributed by atoms with Crippen molar-refractivity contribution in [1.82, 2.24) is 10.2 Å². The molecule has 0 fully saturated rings. The number of rotatable bonds is 10. The van der Waals surface area contributed by atoms with E-state index in [1.54, 1.807) is 26.0 Å². The highest BCUT2D eigenvalue weighted by molar-refractivity contribution is 7.92. The number of benzene rings is 2. The molecule has 32 heavy (non-hydrogen) atoms. The summed E-state index contributed by atoms with van der Waals surface area (Å²) in [5.41, 5.74) is 0.768. The predicted octanol–water partition coefficient (Wildman–Crippen LogP) is 3.19. The molecule has 7 nitrogen and oxygen atoms in total. The van der Waals surface area contributed by atoms with Crippen molar-refractivity contribution in [3.05, 3.63) is 64.9 Å². The summed E-state index contributed by atoms with van der Waals surface area (Å²) in [6.07, 6.45) is 1.29. The highest BCUT2D eigenvalue weighted by Crippen LogP contribution is 2.27. The zero-order chi connectivity index (χ0) is 23.9. The molecule has 174 valence electrons. The van der Waals surface area contributed by atoms with Crippen molar-refractivity contribution in [2.75, 3.05) is 23.7 Å². The van der Waals surface area contributed by atoms with Crippen LogP contribution < -0.4 is 9.62 Å². The van der Waals surface area contributed by atoms with Crippen LogP contribution in [0.4, 0.5) is 10.1 Å². The molecule has 0 heterocycles. The lowest BCUT2D eigenvalue weighted by atomic mass is 10.1. The number of carbonyl (C=O) groups excluding carboxylic acids is 2. The minimum Gasteiger partial charge on any atom is -0.355 e. The molecule has 0 bridgehead atoms. The van der Waals surface area contributed by atoms with Crippen molar-refractivity contribution < 1.29 is 22.4 Å². The van der Waals surface area contributed by atoms with Crippen LogP contribution in [0.15, 0.2) is 48.5 Å². The number of hydrogen-bond acceptors (Lipinski definition) is 4. The van der Waals surface area contributed by atoms with Crippen molar-refractivity contribution >= 4 is 39.1 Å². The zero-order valence-electron chi connectivity index (χ0n) is 18.2. The molecule has 0 saturated carbocycles. The third-order valence-corrected chi connectivity index (χ3v) is 6.25. The number of hydrogen-bond donors (Lipinski definition) is 1. The number of para-hydroxylation sites is 1. The summed E-state index contributed by atoms with van der Waals surface area (Å²) in [5.74, 6) is -1.36. The van der Waals surface area contributed by atoms with E-state index in [0.29, 0.717) is 18.5 Å². The molecule has 0 aromatic heterocycles. The number of carbonyl (C=O) groups is 2. The van der Waals surface area contributed by atoms with Crippen LogP contribution in [0, 0.1) is 5.82 Å². The van der Waals surface area contributed by atoms with Crippen LogP contribution in [0.2, 0.25) is 5.02 Å². The summed E-state index contributed by atoms with van der Waals surface area (Å²) in [6, 6.07) is 11.0. The smallest absolute Gasteiger partial charge is 0.244 e. The quantitative estimate of drug-likeness (QED) is 0.562. The maximum absolute atomic E-state index is 13.4. The molecular formula is C22H27ClFN3O4S. The van der Waals surface area contributed by atoms with Gasteiger partial charge < -0.3 is 10.2 Å². The Morgan fingerprint density at radius 2 is 1.72 bits per heavy atom. The maximum Gasteiger partial charge on any atom is 0.244 e. The summed E-state index contributed by atoms with van der Waals surface area (Å²) in [6.45, 7) is 3.37. The van der Waals surface area contributed by atoms with Crippen molar-refractivity contribution in [2.24, 2.45) is 0 Å². The van der Waals surface area contributed by atoms with Gasteiger partial charge in [-0.3, -0.25) is 13.9 Å². The number of nitrogens with zero attached hydrogens (tertiary/aromatic N) is 2. The molecule has 10 heteroatoms. The number of sulfonamides is 1. The molecule has 2 rings (SSSR count). The predicted molar refractivity (Wildman–Crippen MR) is 123 cm³/mol. The largest absolute Gasteiger partial charge is 0.355 e. The third kappa shape index (κ3) is 6.67. The first-order valence-electron chi connectivity index (χ1n) is 10.1. The van der Waals surface area contributed by atoms with E-state index in [-0.39, 0.29) is 23.2 Å². The van der Waals surface area contributed by atoms with Gasteiger partial charge in [0, 0.05) is 13.1 Å². The van der Waals surface area contributed by atoms with Gasteiger partial charge >= 0.3 is 0 Å². The van der Waals surface area contributed by atoms with E-state index < -0.39 is 34.3 Å². The number of nitrogens with one attached hydrogen (secondary N) is 1. The Kier molecular flexibility index (Phi) is 9.03. The fourth-order valence-corrected chi connectivity index (χ4v) is 4.40. The Hall–Kier alpha value is -2.65. The number of anilines is 1. The summed E-state index contributed by atoms with van der Waals surface area (Å²) in [7, 11) is -3.86. The van der Waals surface area contributed by atoms with Gasteiger partial charge in [-0.25, -0.2) is 12.8 Å². The fourth-order valence-electron chi connectivity index (χ4n) is 3.25.